The quantitative estimate of drug-likeness (QED) is 0.669. The van der Waals surface area contributed by atoms with E-state index in [2.05, 4.69) is 24.0 Å². The zero-order valence-corrected chi connectivity index (χ0v) is 8.86. The van der Waals surface area contributed by atoms with Crippen molar-refractivity contribution in [2.45, 2.75) is 37.6 Å². The Morgan fingerprint density at radius 2 is 2.15 bits per heavy atom. The van der Waals surface area contributed by atoms with Gasteiger partial charge in [0.25, 0.3) is 0 Å². The van der Waals surface area contributed by atoms with Gasteiger partial charge in [-0.3, -0.25) is 0 Å². The van der Waals surface area contributed by atoms with Crippen LogP contribution < -0.4 is 0 Å². The predicted molar refractivity (Wildman–Crippen MR) is 57.3 cm³/mol. The summed E-state index contributed by atoms with van der Waals surface area (Å²) < 4.78 is 0. The van der Waals surface area contributed by atoms with Crippen molar-refractivity contribution in [3.8, 4) is 0 Å². The molecule has 0 aliphatic heterocycles. The van der Waals surface area contributed by atoms with Crippen molar-refractivity contribution in [1.29, 1.82) is 0 Å². The number of rotatable bonds is 2. The van der Waals surface area contributed by atoms with E-state index < -0.39 is 0 Å². The lowest BCUT2D eigenvalue weighted by molar-refractivity contribution is 0.661. The van der Waals surface area contributed by atoms with Crippen molar-refractivity contribution >= 4 is 11.8 Å². The van der Waals surface area contributed by atoms with Crippen LogP contribution in [0.2, 0.25) is 0 Å². The van der Waals surface area contributed by atoms with Crippen LogP contribution in [0.15, 0.2) is 17.2 Å². The highest BCUT2D eigenvalue weighted by Gasteiger charge is 2.10. The molecule has 2 rings (SSSR count). The minimum absolute atomic E-state index is 1.12. The molecule has 1 aromatic heterocycles. The number of aryl methyl sites for hydroxylation is 2. The number of hydrogen-bond acceptors (Lipinski definition) is 2. The minimum Gasteiger partial charge on any atom is -0.246 e. The number of pyridine rings is 1. The first kappa shape index (κ1) is 9.07. The van der Waals surface area contributed by atoms with E-state index >= 15 is 0 Å². The molecular weight excluding hydrogens is 178 g/mol. The first-order valence-electron chi connectivity index (χ1n) is 5.01. The fourth-order valence-electron chi connectivity index (χ4n) is 1.79. The van der Waals surface area contributed by atoms with Gasteiger partial charge in [-0.1, -0.05) is 13.0 Å². The molecule has 1 nitrogen and oxygen atoms in total. The van der Waals surface area contributed by atoms with Gasteiger partial charge in [0.15, 0.2) is 0 Å². The van der Waals surface area contributed by atoms with Crippen LogP contribution in [0.1, 0.15) is 31.0 Å². The molecule has 0 saturated heterocycles. The van der Waals surface area contributed by atoms with Crippen LogP contribution in [0.5, 0.6) is 0 Å². The lowest BCUT2D eigenvalue weighted by Gasteiger charge is -2.14. The Balaban J connectivity index is 2.24. The highest BCUT2D eigenvalue weighted by atomic mass is 32.2. The Bertz CT molecular complexity index is 296. The van der Waals surface area contributed by atoms with Crippen LogP contribution in [0.3, 0.4) is 0 Å². The molecule has 2 heteroatoms. The maximum Gasteiger partial charge on any atom is 0.0963 e. The van der Waals surface area contributed by atoms with Crippen molar-refractivity contribution < 1.29 is 0 Å². The number of thioether (sulfide) groups is 1. The zero-order valence-electron chi connectivity index (χ0n) is 8.05. The molecule has 0 fully saturated rings. The van der Waals surface area contributed by atoms with Crippen LogP contribution in [-0.4, -0.2) is 10.7 Å². The molecule has 70 valence electrons. The first-order valence-corrected chi connectivity index (χ1v) is 6.00. The van der Waals surface area contributed by atoms with Crippen LogP contribution in [0, 0.1) is 0 Å². The van der Waals surface area contributed by atoms with Crippen LogP contribution >= 0.6 is 11.8 Å². The molecule has 1 aromatic rings. The molecular formula is C11H15NS. The van der Waals surface area contributed by atoms with Crippen LogP contribution in [0.4, 0.5) is 0 Å². The summed E-state index contributed by atoms with van der Waals surface area (Å²) >= 11 is 1.84. The van der Waals surface area contributed by atoms with E-state index in [0.29, 0.717) is 0 Å². The lowest BCUT2D eigenvalue weighted by atomic mass is 9.96. The summed E-state index contributed by atoms with van der Waals surface area (Å²) in [6, 6.07) is 4.43. The third-order valence-electron chi connectivity index (χ3n) is 2.44. The molecule has 0 amide bonds. The zero-order chi connectivity index (χ0) is 9.10. The number of fused-ring (bicyclic) bond motifs is 1. The molecule has 0 radical (unpaired) electrons. The molecule has 0 bridgehead atoms. The number of hydrogen-bond donors (Lipinski definition) is 0. The van der Waals surface area contributed by atoms with Gasteiger partial charge in [-0.15, -0.1) is 11.8 Å². The van der Waals surface area contributed by atoms with Crippen LogP contribution in [-0.2, 0) is 12.8 Å². The second-order valence-electron chi connectivity index (χ2n) is 3.40. The van der Waals surface area contributed by atoms with E-state index in [-0.39, 0.29) is 0 Å². The standard InChI is InChI=1S/C11H15NS/c1-2-13-11-8-7-9-5-3-4-6-10(9)12-11/h7-8H,2-6H2,1H3. The highest BCUT2D eigenvalue weighted by Crippen LogP contribution is 2.23. The number of aromatic nitrogens is 1. The fourth-order valence-corrected chi connectivity index (χ4v) is 2.43. The van der Waals surface area contributed by atoms with Gasteiger partial charge in [0, 0.05) is 5.69 Å². The van der Waals surface area contributed by atoms with E-state index in [1.165, 1.54) is 42.0 Å². The Kier molecular flexibility index (Phi) is 2.89. The summed E-state index contributed by atoms with van der Waals surface area (Å²) in [5.41, 5.74) is 2.83. The second-order valence-corrected chi connectivity index (χ2v) is 4.68. The monoisotopic (exact) mass is 193 g/mol. The average molecular weight is 193 g/mol. The van der Waals surface area contributed by atoms with Crippen molar-refractivity contribution in [2.75, 3.05) is 5.75 Å². The number of nitrogens with zero attached hydrogens (tertiary/aromatic N) is 1. The third-order valence-corrected chi connectivity index (χ3v) is 3.26. The first-order chi connectivity index (χ1) is 6.40. The summed E-state index contributed by atoms with van der Waals surface area (Å²) in [7, 11) is 0. The van der Waals surface area contributed by atoms with E-state index in [1.54, 1.807) is 0 Å². The third kappa shape index (κ3) is 2.05. The SMILES string of the molecule is CCSc1ccc2c(n1)CCCC2. The Labute approximate surface area is 84.0 Å². The van der Waals surface area contributed by atoms with E-state index in [9.17, 15) is 0 Å². The average Bonchev–Trinajstić information content (AvgIpc) is 2.18. The maximum absolute atomic E-state index is 4.67. The fraction of sp³-hybridized carbons (Fsp3) is 0.545. The smallest absolute Gasteiger partial charge is 0.0963 e. The Hall–Kier alpha value is -0.500. The van der Waals surface area contributed by atoms with Gasteiger partial charge in [-0.25, -0.2) is 4.98 Å². The summed E-state index contributed by atoms with van der Waals surface area (Å²) in [6.45, 7) is 2.17. The van der Waals surface area contributed by atoms with Crippen LogP contribution in [0.25, 0.3) is 0 Å². The van der Waals surface area contributed by atoms with Crippen molar-refractivity contribution in [3.63, 3.8) is 0 Å². The summed E-state index contributed by atoms with van der Waals surface area (Å²) in [4.78, 5) is 4.67. The normalized spacial score (nSPS) is 15.5. The molecule has 0 aromatic carbocycles. The maximum atomic E-state index is 4.67. The van der Waals surface area contributed by atoms with Crippen molar-refractivity contribution in [1.82, 2.24) is 4.98 Å². The van der Waals surface area contributed by atoms with Gasteiger partial charge >= 0.3 is 0 Å². The molecule has 0 unspecified atom stereocenters. The summed E-state index contributed by atoms with van der Waals surface area (Å²) in [5, 5.41) is 1.20. The van der Waals surface area contributed by atoms with Gasteiger partial charge in [0.05, 0.1) is 5.03 Å². The topological polar surface area (TPSA) is 12.9 Å². The molecule has 1 aliphatic rings. The van der Waals surface area contributed by atoms with Gasteiger partial charge < -0.3 is 0 Å². The molecule has 0 spiro atoms. The predicted octanol–water partition coefficient (Wildman–Crippen LogP) is 3.07. The van der Waals surface area contributed by atoms with Gasteiger partial charge in [-0.2, -0.15) is 0 Å². The molecule has 0 atom stereocenters. The summed E-state index contributed by atoms with van der Waals surface area (Å²) in [6.07, 6.45) is 5.09. The lowest BCUT2D eigenvalue weighted by Crippen LogP contribution is -2.05. The molecule has 0 saturated carbocycles. The Morgan fingerprint density at radius 1 is 1.31 bits per heavy atom. The van der Waals surface area contributed by atoms with Crippen molar-refractivity contribution in [2.24, 2.45) is 0 Å². The molecule has 1 heterocycles. The molecule has 13 heavy (non-hydrogen) atoms. The van der Waals surface area contributed by atoms with E-state index in [1.807, 2.05) is 11.8 Å². The Morgan fingerprint density at radius 3 is 3.00 bits per heavy atom. The minimum atomic E-state index is 1.12. The van der Waals surface area contributed by atoms with Gasteiger partial charge in [0.1, 0.15) is 0 Å². The van der Waals surface area contributed by atoms with E-state index in [4.69, 9.17) is 0 Å². The van der Waals surface area contributed by atoms with E-state index in [0.717, 1.165) is 5.75 Å². The highest BCUT2D eigenvalue weighted by molar-refractivity contribution is 7.99. The van der Waals surface area contributed by atoms with Crippen molar-refractivity contribution in [3.05, 3.63) is 23.4 Å². The second kappa shape index (κ2) is 4.14. The molecule has 1 aliphatic carbocycles. The molecule has 0 N–H and O–H groups in total. The largest absolute Gasteiger partial charge is 0.246 e. The summed E-state index contributed by atoms with van der Waals surface area (Å²) in [5.74, 6) is 1.12. The van der Waals surface area contributed by atoms with Gasteiger partial charge in [-0.05, 0) is 43.1 Å². The van der Waals surface area contributed by atoms with Gasteiger partial charge in [0.2, 0.25) is 0 Å².